The maximum Gasteiger partial charge on any atom is 0.273 e. The van der Waals surface area contributed by atoms with E-state index >= 15 is 0 Å². The number of fused-ring (bicyclic) bond motifs is 1. The highest BCUT2D eigenvalue weighted by molar-refractivity contribution is 6.00. The normalized spacial score (nSPS) is 15.4. The predicted molar refractivity (Wildman–Crippen MR) is 95.6 cm³/mol. The second kappa shape index (κ2) is 6.55. The fraction of sp³-hybridized carbons (Fsp3) is 0.316. The lowest BCUT2D eigenvalue weighted by Gasteiger charge is -2.22. The van der Waals surface area contributed by atoms with Gasteiger partial charge in [0.1, 0.15) is 5.56 Å². The minimum absolute atomic E-state index is 0.178. The zero-order chi connectivity index (χ0) is 17.2. The average molecular weight is 336 g/mol. The fourth-order valence-electron chi connectivity index (χ4n) is 3.42. The molecule has 0 spiro atoms. The smallest absolute Gasteiger partial charge is 0.273 e. The highest BCUT2D eigenvalue weighted by Crippen LogP contribution is 2.19. The Bertz CT molecular complexity index is 952. The molecule has 6 nitrogen and oxygen atoms in total. The Labute approximate surface area is 144 Å². The summed E-state index contributed by atoms with van der Waals surface area (Å²) in [6.45, 7) is 0. The van der Waals surface area contributed by atoms with Gasteiger partial charge in [0.25, 0.3) is 11.5 Å². The summed E-state index contributed by atoms with van der Waals surface area (Å²) in [6.07, 6.45) is 7.10. The number of aromatic amines is 1. The Morgan fingerprint density at radius 3 is 2.68 bits per heavy atom. The molecule has 1 aromatic carbocycles. The highest BCUT2D eigenvalue weighted by Gasteiger charge is 2.20. The van der Waals surface area contributed by atoms with Crippen LogP contribution in [0.4, 0.5) is 0 Å². The van der Waals surface area contributed by atoms with Crippen molar-refractivity contribution >= 4 is 11.6 Å². The number of aromatic nitrogens is 3. The molecule has 4 rings (SSSR count). The Morgan fingerprint density at radius 2 is 1.92 bits per heavy atom. The third-order valence-electron chi connectivity index (χ3n) is 4.75. The van der Waals surface area contributed by atoms with Crippen LogP contribution in [0.5, 0.6) is 0 Å². The molecular formula is C19H20N4O2. The van der Waals surface area contributed by atoms with Gasteiger partial charge in [-0.3, -0.25) is 14.7 Å². The van der Waals surface area contributed by atoms with Crippen LogP contribution in [0.1, 0.15) is 42.5 Å². The molecule has 1 amide bonds. The maximum atomic E-state index is 12.7. The number of nitrogens with zero attached hydrogens (tertiary/aromatic N) is 2. The Kier molecular flexibility index (Phi) is 4.09. The van der Waals surface area contributed by atoms with Gasteiger partial charge in [-0.1, -0.05) is 49.6 Å². The van der Waals surface area contributed by atoms with Crippen molar-refractivity contribution in [2.45, 2.75) is 38.1 Å². The van der Waals surface area contributed by atoms with Crippen molar-refractivity contribution in [3.63, 3.8) is 0 Å². The van der Waals surface area contributed by atoms with Gasteiger partial charge in [-0.2, -0.15) is 0 Å². The molecule has 2 heterocycles. The van der Waals surface area contributed by atoms with Crippen LogP contribution in [0.15, 0.2) is 47.4 Å². The number of rotatable bonds is 3. The molecule has 1 saturated carbocycles. The van der Waals surface area contributed by atoms with Gasteiger partial charge in [-0.15, -0.1) is 0 Å². The third-order valence-corrected chi connectivity index (χ3v) is 4.75. The van der Waals surface area contributed by atoms with E-state index in [9.17, 15) is 9.59 Å². The minimum Gasteiger partial charge on any atom is -0.349 e. The van der Waals surface area contributed by atoms with Crippen molar-refractivity contribution in [3.8, 4) is 11.3 Å². The van der Waals surface area contributed by atoms with E-state index in [0.717, 1.165) is 31.2 Å². The van der Waals surface area contributed by atoms with Crippen molar-refractivity contribution in [2.75, 3.05) is 0 Å². The molecule has 2 N–H and O–H groups in total. The molecule has 0 saturated heterocycles. The van der Waals surface area contributed by atoms with E-state index < -0.39 is 0 Å². The second-order valence-electron chi connectivity index (χ2n) is 6.50. The largest absolute Gasteiger partial charge is 0.349 e. The van der Waals surface area contributed by atoms with E-state index in [4.69, 9.17) is 0 Å². The first-order valence-corrected chi connectivity index (χ1v) is 8.70. The van der Waals surface area contributed by atoms with E-state index in [0.29, 0.717) is 16.9 Å². The van der Waals surface area contributed by atoms with Crippen molar-refractivity contribution in [3.05, 3.63) is 58.5 Å². The number of hydrogen-bond donors (Lipinski definition) is 2. The molecular weight excluding hydrogens is 316 g/mol. The van der Waals surface area contributed by atoms with E-state index in [1.807, 2.05) is 30.3 Å². The van der Waals surface area contributed by atoms with E-state index in [2.05, 4.69) is 15.4 Å². The van der Waals surface area contributed by atoms with Crippen molar-refractivity contribution in [1.29, 1.82) is 0 Å². The molecule has 0 radical (unpaired) electrons. The number of hydrogen-bond acceptors (Lipinski definition) is 3. The van der Waals surface area contributed by atoms with Crippen LogP contribution in [0, 0.1) is 0 Å². The van der Waals surface area contributed by atoms with Crippen LogP contribution < -0.4 is 10.9 Å². The van der Waals surface area contributed by atoms with Crippen molar-refractivity contribution in [2.24, 2.45) is 0 Å². The standard InChI is InChI=1S/C19H20N4O2/c24-17-11-16(13-7-3-1-4-8-13)22-18-15(12-20-23(17)18)19(25)21-14-9-5-2-6-10-14/h1,3-4,7-8,11-12,14,20H,2,5-6,9-10H2,(H,21,25). The molecule has 3 aromatic rings. The topological polar surface area (TPSA) is 79.3 Å². The number of H-pyrrole nitrogens is 1. The molecule has 128 valence electrons. The Morgan fingerprint density at radius 1 is 1.16 bits per heavy atom. The molecule has 0 bridgehead atoms. The highest BCUT2D eigenvalue weighted by atomic mass is 16.2. The van der Waals surface area contributed by atoms with E-state index in [1.54, 1.807) is 6.20 Å². The van der Waals surface area contributed by atoms with Crippen LogP contribution in [0.3, 0.4) is 0 Å². The molecule has 1 fully saturated rings. The first kappa shape index (κ1) is 15.6. The SMILES string of the molecule is O=C(NC1CCCCC1)c1c[nH]n2c(=O)cc(-c3ccccc3)nc12. The van der Waals surface area contributed by atoms with Gasteiger partial charge >= 0.3 is 0 Å². The lowest BCUT2D eigenvalue weighted by molar-refractivity contribution is 0.0929. The number of carbonyl (C=O) groups excluding carboxylic acids is 1. The van der Waals surface area contributed by atoms with Gasteiger partial charge in [0.05, 0.1) is 5.69 Å². The molecule has 25 heavy (non-hydrogen) atoms. The number of benzene rings is 1. The predicted octanol–water partition coefficient (Wildman–Crippen LogP) is 2.75. The minimum atomic E-state index is -0.236. The van der Waals surface area contributed by atoms with E-state index in [-0.39, 0.29) is 17.5 Å². The quantitative estimate of drug-likeness (QED) is 0.772. The summed E-state index contributed by atoms with van der Waals surface area (Å²) >= 11 is 0. The molecule has 1 aliphatic rings. The van der Waals surface area contributed by atoms with Crippen LogP contribution in [-0.2, 0) is 0 Å². The maximum absolute atomic E-state index is 12.7. The molecule has 2 aromatic heterocycles. The summed E-state index contributed by atoms with van der Waals surface area (Å²) in [5.41, 5.74) is 1.94. The zero-order valence-corrected chi connectivity index (χ0v) is 13.9. The van der Waals surface area contributed by atoms with Gasteiger partial charge in [0, 0.05) is 23.9 Å². The summed E-state index contributed by atoms with van der Waals surface area (Å²) in [4.78, 5) is 29.6. The summed E-state index contributed by atoms with van der Waals surface area (Å²) < 4.78 is 1.31. The first-order valence-electron chi connectivity index (χ1n) is 8.70. The average Bonchev–Trinajstić information content (AvgIpc) is 3.08. The van der Waals surface area contributed by atoms with Gasteiger partial charge in [-0.05, 0) is 12.8 Å². The van der Waals surface area contributed by atoms with Crippen LogP contribution in [0.25, 0.3) is 16.9 Å². The van der Waals surface area contributed by atoms with Crippen molar-refractivity contribution in [1.82, 2.24) is 19.9 Å². The Balaban J connectivity index is 1.71. The van der Waals surface area contributed by atoms with E-state index in [1.165, 1.54) is 17.0 Å². The third kappa shape index (κ3) is 3.07. The Hall–Kier alpha value is -2.89. The zero-order valence-electron chi connectivity index (χ0n) is 13.9. The summed E-state index contributed by atoms with van der Waals surface area (Å²) in [5.74, 6) is -0.178. The van der Waals surface area contributed by atoms with Gasteiger partial charge in [0.15, 0.2) is 5.65 Å². The number of carbonyl (C=O) groups is 1. The molecule has 1 aliphatic carbocycles. The second-order valence-corrected chi connectivity index (χ2v) is 6.50. The lowest BCUT2D eigenvalue weighted by atomic mass is 9.95. The van der Waals surface area contributed by atoms with Crippen LogP contribution in [-0.4, -0.2) is 26.5 Å². The molecule has 0 aliphatic heterocycles. The monoisotopic (exact) mass is 336 g/mol. The fourth-order valence-corrected chi connectivity index (χ4v) is 3.42. The summed E-state index contributed by atoms with van der Waals surface area (Å²) in [7, 11) is 0. The molecule has 0 unspecified atom stereocenters. The van der Waals surface area contributed by atoms with Gasteiger partial charge in [-0.25, -0.2) is 9.50 Å². The number of nitrogens with one attached hydrogen (secondary N) is 2. The molecule has 6 heteroatoms. The number of amides is 1. The van der Waals surface area contributed by atoms with Crippen LogP contribution in [0.2, 0.25) is 0 Å². The van der Waals surface area contributed by atoms with Crippen LogP contribution >= 0.6 is 0 Å². The lowest BCUT2D eigenvalue weighted by Crippen LogP contribution is -2.36. The first-order chi connectivity index (χ1) is 12.2. The van der Waals surface area contributed by atoms with Crippen molar-refractivity contribution < 1.29 is 4.79 Å². The summed E-state index contributed by atoms with van der Waals surface area (Å²) in [5, 5.41) is 5.91. The molecule has 0 atom stereocenters. The summed E-state index contributed by atoms with van der Waals surface area (Å²) in [6, 6.07) is 11.2. The van der Waals surface area contributed by atoms with Gasteiger partial charge in [0.2, 0.25) is 0 Å². The van der Waals surface area contributed by atoms with Gasteiger partial charge < -0.3 is 5.32 Å².